The van der Waals surface area contributed by atoms with Gasteiger partial charge in [0.2, 0.25) is 11.8 Å². The first-order chi connectivity index (χ1) is 6.47. The molecule has 1 amide bonds. The zero-order chi connectivity index (χ0) is 10.6. The molecule has 0 aromatic carbocycles. The van der Waals surface area contributed by atoms with E-state index >= 15 is 0 Å². The molecule has 0 aliphatic rings. The number of amides is 1. The van der Waals surface area contributed by atoms with E-state index in [4.69, 9.17) is 10.2 Å². The van der Waals surface area contributed by atoms with Gasteiger partial charge in [-0.3, -0.25) is 4.79 Å². The molecule has 1 aromatic heterocycles. The van der Waals surface area contributed by atoms with Crippen molar-refractivity contribution in [3.63, 3.8) is 0 Å². The third kappa shape index (κ3) is 4.04. The maximum absolute atomic E-state index is 11.3. The summed E-state index contributed by atoms with van der Waals surface area (Å²) in [6.07, 6.45) is 3.11. The normalized spacial score (nSPS) is 11.4. The maximum Gasteiger partial charge on any atom is 0.229 e. The average Bonchev–Trinajstić information content (AvgIpc) is 2.52. The first-order valence-corrected chi connectivity index (χ1v) is 4.41. The molecule has 0 fully saturated rings. The van der Waals surface area contributed by atoms with Crippen molar-refractivity contribution in [2.45, 2.75) is 25.8 Å². The van der Waals surface area contributed by atoms with E-state index in [0.29, 0.717) is 12.4 Å². The van der Waals surface area contributed by atoms with Crippen molar-refractivity contribution in [2.75, 3.05) is 6.54 Å². The minimum atomic E-state index is -0.397. The van der Waals surface area contributed by atoms with Crippen molar-refractivity contribution in [3.05, 3.63) is 18.4 Å². The fourth-order valence-electron chi connectivity index (χ4n) is 0.867. The van der Waals surface area contributed by atoms with E-state index in [2.05, 4.69) is 10.3 Å². The Morgan fingerprint density at radius 2 is 2.43 bits per heavy atom. The summed E-state index contributed by atoms with van der Waals surface area (Å²) in [6.45, 7) is 4.13. The SMILES string of the molecule is CC(C)(N)CNC(=O)Cc1ncco1. The van der Waals surface area contributed by atoms with Gasteiger partial charge in [0.25, 0.3) is 0 Å². The average molecular weight is 197 g/mol. The van der Waals surface area contributed by atoms with Crippen LogP contribution in [0.5, 0.6) is 0 Å². The summed E-state index contributed by atoms with van der Waals surface area (Å²) in [7, 11) is 0. The Bertz CT molecular complexity index is 288. The lowest BCUT2D eigenvalue weighted by molar-refractivity contribution is -0.120. The van der Waals surface area contributed by atoms with Crippen LogP contribution in [-0.2, 0) is 11.2 Å². The second-order valence-electron chi connectivity index (χ2n) is 3.87. The molecule has 0 radical (unpaired) electrons. The summed E-state index contributed by atoms with van der Waals surface area (Å²) in [5, 5.41) is 2.70. The summed E-state index contributed by atoms with van der Waals surface area (Å²) in [4.78, 5) is 15.1. The number of nitrogens with one attached hydrogen (secondary N) is 1. The molecule has 0 aliphatic carbocycles. The molecule has 14 heavy (non-hydrogen) atoms. The Morgan fingerprint density at radius 1 is 1.71 bits per heavy atom. The van der Waals surface area contributed by atoms with Gasteiger partial charge in [-0.2, -0.15) is 0 Å². The van der Waals surface area contributed by atoms with Crippen molar-refractivity contribution in [1.29, 1.82) is 0 Å². The van der Waals surface area contributed by atoms with Crippen LogP contribution in [0, 0.1) is 0 Å². The molecular weight excluding hydrogens is 182 g/mol. The third-order valence-corrected chi connectivity index (χ3v) is 1.54. The van der Waals surface area contributed by atoms with Gasteiger partial charge in [-0.25, -0.2) is 4.98 Å². The molecule has 5 heteroatoms. The van der Waals surface area contributed by atoms with Crippen LogP contribution in [0.2, 0.25) is 0 Å². The summed E-state index contributed by atoms with van der Waals surface area (Å²) in [6, 6.07) is 0. The van der Waals surface area contributed by atoms with Gasteiger partial charge in [0, 0.05) is 12.1 Å². The first-order valence-electron chi connectivity index (χ1n) is 4.41. The highest BCUT2D eigenvalue weighted by molar-refractivity contribution is 5.77. The van der Waals surface area contributed by atoms with E-state index in [1.807, 2.05) is 13.8 Å². The Morgan fingerprint density at radius 3 is 2.93 bits per heavy atom. The van der Waals surface area contributed by atoms with E-state index < -0.39 is 5.54 Å². The zero-order valence-electron chi connectivity index (χ0n) is 8.41. The third-order valence-electron chi connectivity index (χ3n) is 1.54. The Kier molecular flexibility index (Phi) is 3.24. The predicted molar refractivity (Wildman–Crippen MR) is 51.5 cm³/mol. The van der Waals surface area contributed by atoms with Crippen molar-refractivity contribution >= 4 is 5.91 Å². The minimum absolute atomic E-state index is 0.133. The van der Waals surface area contributed by atoms with Crippen LogP contribution in [0.1, 0.15) is 19.7 Å². The maximum atomic E-state index is 11.3. The topological polar surface area (TPSA) is 81.1 Å². The van der Waals surface area contributed by atoms with Crippen LogP contribution in [0.4, 0.5) is 0 Å². The molecule has 0 saturated carbocycles. The Hall–Kier alpha value is -1.36. The van der Waals surface area contributed by atoms with E-state index in [9.17, 15) is 4.79 Å². The predicted octanol–water partition coefficient (Wildman–Crippen LogP) is 0.0706. The Labute approximate surface area is 82.7 Å². The number of nitrogens with zero attached hydrogens (tertiary/aromatic N) is 1. The van der Waals surface area contributed by atoms with Gasteiger partial charge in [-0.15, -0.1) is 0 Å². The van der Waals surface area contributed by atoms with Gasteiger partial charge in [0.15, 0.2) is 0 Å². The number of rotatable bonds is 4. The number of oxazole rings is 1. The lowest BCUT2D eigenvalue weighted by Crippen LogP contribution is -2.45. The number of hydrogen-bond donors (Lipinski definition) is 2. The van der Waals surface area contributed by atoms with Crippen LogP contribution < -0.4 is 11.1 Å². The van der Waals surface area contributed by atoms with Crippen molar-refractivity contribution in [3.8, 4) is 0 Å². The fourth-order valence-corrected chi connectivity index (χ4v) is 0.867. The highest BCUT2D eigenvalue weighted by Gasteiger charge is 2.13. The molecule has 0 unspecified atom stereocenters. The summed E-state index contributed by atoms with van der Waals surface area (Å²) in [5.74, 6) is 0.281. The summed E-state index contributed by atoms with van der Waals surface area (Å²) in [5.41, 5.74) is 5.31. The van der Waals surface area contributed by atoms with E-state index in [-0.39, 0.29) is 12.3 Å². The van der Waals surface area contributed by atoms with Gasteiger partial charge in [-0.1, -0.05) is 0 Å². The number of aromatic nitrogens is 1. The number of carbonyl (C=O) groups excluding carboxylic acids is 1. The molecule has 1 rings (SSSR count). The molecule has 0 spiro atoms. The zero-order valence-corrected chi connectivity index (χ0v) is 8.41. The Balaban J connectivity index is 2.30. The molecular formula is C9H15N3O2. The van der Waals surface area contributed by atoms with Crippen LogP contribution in [-0.4, -0.2) is 23.0 Å². The fraction of sp³-hybridized carbons (Fsp3) is 0.556. The van der Waals surface area contributed by atoms with Crippen molar-refractivity contribution < 1.29 is 9.21 Å². The van der Waals surface area contributed by atoms with Gasteiger partial charge in [0.05, 0.1) is 6.20 Å². The molecule has 0 saturated heterocycles. The highest BCUT2D eigenvalue weighted by atomic mass is 16.3. The van der Waals surface area contributed by atoms with E-state index in [1.165, 1.54) is 12.5 Å². The first kappa shape index (κ1) is 10.7. The molecule has 0 bridgehead atoms. The molecule has 0 aliphatic heterocycles. The number of carbonyl (C=O) groups is 1. The summed E-state index contributed by atoms with van der Waals surface area (Å²) >= 11 is 0. The number of hydrogen-bond acceptors (Lipinski definition) is 4. The second-order valence-corrected chi connectivity index (χ2v) is 3.87. The quantitative estimate of drug-likeness (QED) is 0.715. The van der Waals surface area contributed by atoms with Gasteiger partial charge in [0.1, 0.15) is 12.7 Å². The highest BCUT2D eigenvalue weighted by Crippen LogP contribution is 1.97. The van der Waals surface area contributed by atoms with Crippen molar-refractivity contribution in [2.24, 2.45) is 5.73 Å². The molecule has 3 N–H and O–H groups in total. The molecule has 5 nitrogen and oxygen atoms in total. The largest absolute Gasteiger partial charge is 0.448 e. The molecule has 1 heterocycles. The molecule has 1 aromatic rings. The van der Waals surface area contributed by atoms with Crippen molar-refractivity contribution in [1.82, 2.24) is 10.3 Å². The minimum Gasteiger partial charge on any atom is -0.448 e. The summed E-state index contributed by atoms with van der Waals surface area (Å²) < 4.78 is 4.93. The van der Waals surface area contributed by atoms with Gasteiger partial charge < -0.3 is 15.5 Å². The molecule has 78 valence electrons. The van der Waals surface area contributed by atoms with Gasteiger partial charge >= 0.3 is 0 Å². The lowest BCUT2D eigenvalue weighted by Gasteiger charge is -2.18. The number of nitrogens with two attached hydrogens (primary N) is 1. The van der Waals surface area contributed by atoms with E-state index in [1.54, 1.807) is 0 Å². The van der Waals surface area contributed by atoms with Crippen LogP contribution in [0.3, 0.4) is 0 Å². The van der Waals surface area contributed by atoms with Crippen LogP contribution in [0.25, 0.3) is 0 Å². The van der Waals surface area contributed by atoms with E-state index in [0.717, 1.165) is 0 Å². The molecule has 0 atom stereocenters. The monoisotopic (exact) mass is 197 g/mol. The second kappa shape index (κ2) is 4.23. The lowest BCUT2D eigenvalue weighted by atomic mass is 10.1. The standard InChI is InChI=1S/C9H15N3O2/c1-9(2,10)6-12-7(13)5-8-11-3-4-14-8/h3-4H,5-6,10H2,1-2H3,(H,12,13). The van der Waals surface area contributed by atoms with Crippen LogP contribution >= 0.6 is 0 Å². The smallest absolute Gasteiger partial charge is 0.229 e. The van der Waals surface area contributed by atoms with Crippen LogP contribution in [0.15, 0.2) is 16.9 Å². The van der Waals surface area contributed by atoms with Gasteiger partial charge in [-0.05, 0) is 13.8 Å².